The summed E-state index contributed by atoms with van der Waals surface area (Å²) in [7, 11) is 0. The van der Waals surface area contributed by atoms with E-state index in [2.05, 4.69) is 15.9 Å². The van der Waals surface area contributed by atoms with Gasteiger partial charge in [0.05, 0.1) is 10.7 Å². The molecule has 1 rings (SSSR count). The Morgan fingerprint density at radius 1 is 1.11 bits per heavy atom. The van der Waals surface area contributed by atoms with E-state index in [9.17, 15) is 0 Å². The minimum atomic E-state index is 0.840. The van der Waals surface area contributed by atoms with E-state index >= 15 is 0 Å². The smallest absolute Gasteiger partial charge is 0.125 e. The molecular formula is C6H5BrO2. The quantitative estimate of drug-likeness (QED) is 0.627. The first-order valence-corrected chi connectivity index (χ1v) is 3.17. The lowest BCUT2D eigenvalue weighted by molar-refractivity contribution is 0.489. The first kappa shape index (κ1) is 6.42. The Kier molecular flexibility index (Phi) is 2.39. The zero-order valence-electron chi connectivity index (χ0n) is 4.58. The second-order valence-electron chi connectivity index (χ2n) is 1.35. The van der Waals surface area contributed by atoms with Crippen molar-refractivity contribution in [2.45, 2.75) is 0 Å². The Morgan fingerprint density at radius 3 is 2.78 bits per heavy atom. The minimum Gasteiger partial charge on any atom is -0.469 e. The summed E-state index contributed by atoms with van der Waals surface area (Å²) in [6.07, 6.45) is 6.02. The highest BCUT2D eigenvalue weighted by atomic mass is 79.9. The molecule has 0 aromatic carbocycles. The number of halogens is 1. The van der Waals surface area contributed by atoms with E-state index < -0.39 is 0 Å². The highest BCUT2D eigenvalue weighted by Gasteiger charge is 1.75. The number of hydrogen-bond acceptors (Lipinski definition) is 2. The standard InChI is InChI=1S/C6H5BrO2/c7-6-1-2-8-3-4-9-5-6/h1-5H. The molecule has 0 aliphatic carbocycles. The van der Waals surface area contributed by atoms with E-state index in [0.29, 0.717) is 0 Å². The molecule has 0 radical (unpaired) electrons. The molecule has 0 atom stereocenters. The van der Waals surface area contributed by atoms with Crippen molar-refractivity contribution in [3.8, 4) is 0 Å². The predicted molar refractivity (Wildman–Crippen MR) is 36.3 cm³/mol. The van der Waals surface area contributed by atoms with E-state index in [1.807, 2.05) is 0 Å². The normalized spacial score (nSPS) is 8.56. The van der Waals surface area contributed by atoms with Crippen molar-refractivity contribution in [1.82, 2.24) is 0 Å². The summed E-state index contributed by atoms with van der Waals surface area (Å²) in [5, 5.41) is 0. The zero-order valence-corrected chi connectivity index (χ0v) is 6.17. The molecule has 0 saturated carbocycles. The highest BCUT2D eigenvalue weighted by molar-refractivity contribution is 9.10. The molecule has 1 aromatic rings. The highest BCUT2D eigenvalue weighted by Crippen LogP contribution is 2.03. The molecule has 0 spiro atoms. The predicted octanol–water partition coefficient (Wildman–Crippen LogP) is 2.76. The van der Waals surface area contributed by atoms with Crippen LogP contribution in [0, 0.1) is 0 Å². The summed E-state index contributed by atoms with van der Waals surface area (Å²) in [5.74, 6) is 0. The van der Waals surface area contributed by atoms with Crippen LogP contribution in [-0.4, -0.2) is 0 Å². The third-order valence-corrected chi connectivity index (χ3v) is 1.15. The van der Waals surface area contributed by atoms with Gasteiger partial charge in [-0.2, -0.15) is 0 Å². The summed E-state index contributed by atoms with van der Waals surface area (Å²) >= 11 is 3.21. The molecule has 0 saturated heterocycles. The van der Waals surface area contributed by atoms with E-state index in [4.69, 9.17) is 8.83 Å². The average Bonchev–Trinajstić information content (AvgIpc) is 1.79. The van der Waals surface area contributed by atoms with Gasteiger partial charge in [-0.3, -0.25) is 0 Å². The Morgan fingerprint density at radius 2 is 1.89 bits per heavy atom. The molecule has 0 unspecified atom stereocenters. The van der Waals surface area contributed by atoms with Gasteiger partial charge in [-0.15, -0.1) is 0 Å². The fourth-order valence-corrected chi connectivity index (χ4v) is 0.573. The second kappa shape index (κ2) is 3.35. The van der Waals surface area contributed by atoms with Crippen LogP contribution >= 0.6 is 15.9 Å². The van der Waals surface area contributed by atoms with Gasteiger partial charge in [-0.05, 0) is 22.0 Å². The Hall–Kier alpha value is -0.700. The van der Waals surface area contributed by atoms with Crippen molar-refractivity contribution in [3.05, 3.63) is 35.6 Å². The summed E-state index contributed by atoms with van der Waals surface area (Å²) in [5.41, 5.74) is 0. The van der Waals surface area contributed by atoms with Crippen LogP contribution in [0.5, 0.6) is 0 Å². The number of hydrogen-bond donors (Lipinski definition) is 0. The lowest BCUT2D eigenvalue weighted by Crippen LogP contribution is -1.54. The SMILES string of the molecule is Brc1ccoccoc1. The van der Waals surface area contributed by atoms with Gasteiger partial charge in [0.2, 0.25) is 0 Å². The minimum absolute atomic E-state index is 0.840. The molecule has 0 amide bonds. The second-order valence-corrected chi connectivity index (χ2v) is 2.27. The molecule has 0 aliphatic rings. The van der Waals surface area contributed by atoms with Gasteiger partial charge in [0, 0.05) is 0 Å². The molecular weight excluding hydrogens is 184 g/mol. The summed E-state index contributed by atoms with van der Waals surface area (Å²) < 4.78 is 10.4. The van der Waals surface area contributed by atoms with Crippen LogP contribution in [0.25, 0.3) is 0 Å². The monoisotopic (exact) mass is 188 g/mol. The lowest BCUT2D eigenvalue weighted by Gasteiger charge is -1.80. The van der Waals surface area contributed by atoms with E-state index in [1.54, 1.807) is 18.6 Å². The molecule has 2 nitrogen and oxygen atoms in total. The number of rotatable bonds is 0. The lowest BCUT2D eigenvalue weighted by atomic mass is 10.6. The van der Waals surface area contributed by atoms with Crippen LogP contribution in [0.1, 0.15) is 0 Å². The zero-order chi connectivity index (χ0) is 6.53. The van der Waals surface area contributed by atoms with Gasteiger partial charge < -0.3 is 8.83 Å². The third kappa shape index (κ3) is 2.37. The largest absolute Gasteiger partial charge is 0.469 e. The van der Waals surface area contributed by atoms with Gasteiger partial charge in [-0.1, -0.05) is 0 Å². The van der Waals surface area contributed by atoms with Gasteiger partial charge in [0.1, 0.15) is 18.8 Å². The first-order valence-electron chi connectivity index (χ1n) is 2.38. The molecule has 0 N–H and O–H groups in total. The summed E-state index contributed by atoms with van der Waals surface area (Å²) in [6, 6.07) is 1.74. The van der Waals surface area contributed by atoms with Crippen LogP contribution in [0.15, 0.2) is 44.4 Å². The van der Waals surface area contributed by atoms with Crippen LogP contribution in [0.2, 0.25) is 0 Å². The molecule has 1 heterocycles. The van der Waals surface area contributed by atoms with E-state index in [1.165, 1.54) is 12.5 Å². The van der Waals surface area contributed by atoms with Gasteiger partial charge in [0.25, 0.3) is 0 Å². The van der Waals surface area contributed by atoms with Crippen molar-refractivity contribution in [2.24, 2.45) is 0 Å². The maximum Gasteiger partial charge on any atom is 0.125 e. The molecule has 3 heteroatoms. The van der Waals surface area contributed by atoms with Crippen molar-refractivity contribution in [3.63, 3.8) is 0 Å². The van der Waals surface area contributed by atoms with Crippen LogP contribution in [-0.2, 0) is 0 Å². The van der Waals surface area contributed by atoms with Crippen LogP contribution in [0.4, 0.5) is 0 Å². The summed E-state index contributed by atoms with van der Waals surface area (Å²) in [4.78, 5) is 0. The van der Waals surface area contributed by atoms with Crippen molar-refractivity contribution < 1.29 is 8.83 Å². The van der Waals surface area contributed by atoms with Gasteiger partial charge in [-0.25, -0.2) is 0 Å². The Balaban J connectivity index is 3.08. The van der Waals surface area contributed by atoms with Gasteiger partial charge >= 0.3 is 0 Å². The molecule has 1 aromatic heterocycles. The first-order chi connectivity index (χ1) is 4.39. The fraction of sp³-hybridized carbons (Fsp3) is 0. The average molecular weight is 189 g/mol. The van der Waals surface area contributed by atoms with Crippen molar-refractivity contribution >= 4 is 15.9 Å². The van der Waals surface area contributed by atoms with Crippen LogP contribution in [0.3, 0.4) is 0 Å². The van der Waals surface area contributed by atoms with E-state index in [0.717, 1.165) is 4.47 Å². The van der Waals surface area contributed by atoms with Crippen molar-refractivity contribution in [1.29, 1.82) is 0 Å². The molecule has 9 heavy (non-hydrogen) atoms. The van der Waals surface area contributed by atoms with Crippen LogP contribution < -0.4 is 0 Å². The Bertz CT molecular complexity index is 193. The molecule has 0 fully saturated rings. The molecule has 0 aliphatic heterocycles. The van der Waals surface area contributed by atoms with E-state index in [-0.39, 0.29) is 0 Å². The maximum atomic E-state index is 4.82. The maximum absolute atomic E-state index is 4.82. The molecule has 48 valence electrons. The summed E-state index contributed by atoms with van der Waals surface area (Å²) in [6.45, 7) is 0. The Labute approximate surface area is 60.9 Å². The van der Waals surface area contributed by atoms with Gasteiger partial charge in [0.15, 0.2) is 0 Å². The molecule has 0 bridgehead atoms. The topological polar surface area (TPSA) is 26.3 Å². The van der Waals surface area contributed by atoms with Crippen molar-refractivity contribution in [2.75, 3.05) is 0 Å². The fourth-order valence-electron chi connectivity index (χ4n) is 0.357. The third-order valence-electron chi connectivity index (χ3n) is 0.699.